The molecule has 0 aromatic carbocycles. The van der Waals surface area contributed by atoms with Crippen LogP contribution in [0, 0.1) is 0 Å². The summed E-state index contributed by atoms with van der Waals surface area (Å²) in [5.41, 5.74) is 0.580. The van der Waals surface area contributed by atoms with E-state index in [4.69, 9.17) is 11.6 Å². The highest BCUT2D eigenvalue weighted by Crippen LogP contribution is 2.15. The van der Waals surface area contributed by atoms with Gasteiger partial charge in [0.1, 0.15) is 11.4 Å². The third kappa shape index (κ3) is 1.89. The molecule has 2 heterocycles. The zero-order valence-corrected chi connectivity index (χ0v) is 8.77. The molecule has 0 unspecified atom stereocenters. The van der Waals surface area contributed by atoms with E-state index in [1.165, 1.54) is 6.20 Å². The highest BCUT2D eigenvalue weighted by Gasteiger charge is 2.15. The highest BCUT2D eigenvalue weighted by molar-refractivity contribution is 6.34. The maximum Gasteiger partial charge on any atom is 0.233 e. The smallest absolute Gasteiger partial charge is 0.233 e. The molecule has 0 radical (unpaired) electrons. The molecule has 5 heteroatoms. The summed E-state index contributed by atoms with van der Waals surface area (Å²) in [6.07, 6.45) is 3.23. The van der Waals surface area contributed by atoms with Crippen LogP contribution in [0.4, 0.5) is 0 Å². The van der Waals surface area contributed by atoms with Crippen LogP contribution in [0.15, 0.2) is 30.6 Å². The lowest BCUT2D eigenvalue weighted by Crippen LogP contribution is -2.06. The number of pyridine rings is 1. The van der Waals surface area contributed by atoms with Gasteiger partial charge in [0.25, 0.3) is 0 Å². The second-order valence-corrected chi connectivity index (χ2v) is 3.44. The molecule has 0 N–H and O–H groups in total. The summed E-state index contributed by atoms with van der Waals surface area (Å²) < 4.78 is 1.56. The van der Waals surface area contributed by atoms with Crippen molar-refractivity contribution in [2.75, 3.05) is 0 Å². The summed E-state index contributed by atoms with van der Waals surface area (Å²) in [7, 11) is 1.75. The van der Waals surface area contributed by atoms with Gasteiger partial charge < -0.3 is 0 Å². The largest absolute Gasteiger partial charge is 0.285 e. The molecule has 2 rings (SSSR count). The molecule has 0 fully saturated rings. The molecule has 0 spiro atoms. The van der Waals surface area contributed by atoms with Crippen LogP contribution in [0.1, 0.15) is 16.2 Å². The quantitative estimate of drug-likeness (QED) is 0.726. The second kappa shape index (κ2) is 3.82. The average molecular weight is 222 g/mol. The third-order valence-corrected chi connectivity index (χ3v) is 2.22. The van der Waals surface area contributed by atoms with E-state index in [9.17, 15) is 4.79 Å². The van der Waals surface area contributed by atoms with Gasteiger partial charge in [0.05, 0.1) is 5.02 Å². The Balaban J connectivity index is 2.41. The van der Waals surface area contributed by atoms with Crippen molar-refractivity contribution >= 4 is 17.4 Å². The van der Waals surface area contributed by atoms with Crippen molar-refractivity contribution in [2.24, 2.45) is 7.05 Å². The summed E-state index contributed by atoms with van der Waals surface area (Å²) >= 11 is 5.86. The van der Waals surface area contributed by atoms with Crippen LogP contribution in [0.5, 0.6) is 0 Å². The third-order valence-electron chi connectivity index (χ3n) is 1.92. The zero-order valence-electron chi connectivity index (χ0n) is 8.01. The summed E-state index contributed by atoms with van der Waals surface area (Å²) in [5.74, 6) is -0.263. The number of ketones is 1. The van der Waals surface area contributed by atoms with Gasteiger partial charge in [-0.3, -0.25) is 14.5 Å². The first-order valence-corrected chi connectivity index (χ1v) is 4.71. The van der Waals surface area contributed by atoms with E-state index >= 15 is 0 Å². The fraction of sp³-hybridized carbons (Fsp3) is 0.100. The number of rotatable bonds is 2. The van der Waals surface area contributed by atoms with Crippen molar-refractivity contribution in [3.8, 4) is 0 Å². The Labute approximate surface area is 91.5 Å². The molecule has 0 amide bonds. The maximum absolute atomic E-state index is 11.9. The fourth-order valence-corrected chi connectivity index (χ4v) is 1.42. The van der Waals surface area contributed by atoms with Crippen molar-refractivity contribution in [1.29, 1.82) is 0 Å². The van der Waals surface area contributed by atoms with Gasteiger partial charge >= 0.3 is 0 Å². The van der Waals surface area contributed by atoms with Crippen LogP contribution in [0.3, 0.4) is 0 Å². The topological polar surface area (TPSA) is 47.8 Å². The molecule has 2 aromatic rings. The SMILES string of the molecule is Cn1ccc(C(=O)c2ncccc2Cl)n1. The van der Waals surface area contributed by atoms with Crippen molar-refractivity contribution in [2.45, 2.75) is 0 Å². The number of aryl methyl sites for hydroxylation is 1. The highest BCUT2D eigenvalue weighted by atomic mass is 35.5. The van der Waals surface area contributed by atoms with Gasteiger partial charge in [0.2, 0.25) is 5.78 Å². The normalized spacial score (nSPS) is 10.3. The molecule has 0 aliphatic rings. The molecule has 76 valence electrons. The molecule has 0 aliphatic carbocycles. The van der Waals surface area contributed by atoms with Gasteiger partial charge in [-0.1, -0.05) is 11.6 Å². The molecule has 4 nitrogen and oxygen atoms in total. The van der Waals surface area contributed by atoms with Gasteiger partial charge in [0.15, 0.2) is 0 Å². The molecular formula is C10H8ClN3O. The van der Waals surface area contributed by atoms with Crippen LogP contribution < -0.4 is 0 Å². The number of nitrogens with zero attached hydrogens (tertiary/aromatic N) is 3. The molecule has 2 aromatic heterocycles. The van der Waals surface area contributed by atoms with Gasteiger partial charge in [0, 0.05) is 19.4 Å². The zero-order chi connectivity index (χ0) is 10.8. The number of aromatic nitrogens is 3. The molecule has 0 aliphatic heterocycles. The Hall–Kier alpha value is -1.68. The Morgan fingerprint density at radius 1 is 1.47 bits per heavy atom. The predicted molar refractivity (Wildman–Crippen MR) is 55.9 cm³/mol. The monoisotopic (exact) mass is 221 g/mol. The van der Waals surface area contributed by atoms with Crippen LogP contribution >= 0.6 is 11.6 Å². The number of carbonyl (C=O) groups is 1. The Morgan fingerprint density at radius 3 is 2.87 bits per heavy atom. The molecule has 0 saturated carbocycles. The first-order valence-electron chi connectivity index (χ1n) is 4.33. The minimum Gasteiger partial charge on any atom is -0.285 e. The number of halogens is 1. The Morgan fingerprint density at radius 2 is 2.27 bits per heavy atom. The van der Waals surface area contributed by atoms with Crippen LogP contribution in [0.25, 0.3) is 0 Å². The van der Waals surface area contributed by atoms with Crippen molar-refractivity contribution in [3.63, 3.8) is 0 Å². The van der Waals surface area contributed by atoms with Crippen LogP contribution in [-0.4, -0.2) is 20.5 Å². The van der Waals surface area contributed by atoms with Crippen LogP contribution in [-0.2, 0) is 7.05 Å². The van der Waals surface area contributed by atoms with E-state index in [0.717, 1.165) is 0 Å². The van der Waals surface area contributed by atoms with E-state index in [1.807, 2.05) is 0 Å². The number of hydrogen-bond acceptors (Lipinski definition) is 3. The Bertz CT molecular complexity index is 507. The fourth-order valence-electron chi connectivity index (χ4n) is 1.21. The number of carbonyl (C=O) groups excluding carboxylic acids is 1. The van der Waals surface area contributed by atoms with E-state index in [2.05, 4.69) is 10.1 Å². The minimum absolute atomic E-state index is 0.234. The first-order chi connectivity index (χ1) is 7.18. The van der Waals surface area contributed by atoms with Crippen molar-refractivity contribution < 1.29 is 4.79 Å². The molecule has 0 bridgehead atoms. The van der Waals surface area contributed by atoms with Gasteiger partial charge in [-0.25, -0.2) is 0 Å². The predicted octanol–water partition coefficient (Wildman–Crippen LogP) is 1.70. The lowest BCUT2D eigenvalue weighted by Gasteiger charge is -1.98. The van der Waals surface area contributed by atoms with E-state index in [1.54, 1.807) is 36.1 Å². The van der Waals surface area contributed by atoms with Gasteiger partial charge in [-0.05, 0) is 18.2 Å². The molecule has 0 saturated heterocycles. The van der Waals surface area contributed by atoms with Crippen LogP contribution in [0.2, 0.25) is 5.02 Å². The summed E-state index contributed by atoms with van der Waals surface area (Å²) in [6, 6.07) is 4.94. The Kier molecular flexibility index (Phi) is 2.51. The van der Waals surface area contributed by atoms with Crippen molar-refractivity contribution in [1.82, 2.24) is 14.8 Å². The summed E-state index contributed by atoms with van der Waals surface area (Å²) in [5, 5.41) is 4.34. The van der Waals surface area contributed by atoms with E-state index in [0.29, 0.717) is 10.7 Å². The van der Waals surface area contributed by atoms with Gasteiger partial charge in [-0.2, -0.15) is 5.10 Å². The van der Waals surface area contributed by atoms with E-state index in [-0.39, 0.29) is 11.5 Å². The summed E-state index contributed by atoms with van der Waals surface area (Å²) in [6.45, 7) is 0. The average Bonchev–Trinajstić information content (AvgIpc) is 2.65. The summed E-state index contributed by atoms with van der Waals surface area (Å²) in [4.78, 5) is 15.8. The standard InChI is InChI=1S/C10H8ClN3O/c1-14-6-4-8(13-14)10(15)9-7(11)3-2-5-12-9/h2-6H,1H3. The lowest BCUT2D eigenvalue weighted by molar-refractivity contribution is 0.102. The first kappa shape index (κ1) is 9.86. The minimum atomic E-state index is -0.263. The second-order valence-electron chi connectivity index (χ2n) is 3.04. The molecular weight excluding hydrogens is 214 g/mol. The molecule has 15 heavy (non-hydrogen) atoms. The maximum atomic E-state index is 11.9. The number of hydrogen-bond donors (Lipinski definition) is 0. The van der Waals surface area contributed by atoms with E-state index < -0.39 is 0 Å². The molecule has 0 atom stereocenters. The lowest BCUT2D eigenvalue weighted by atomic mass is 10.2. The van der Waals surface area contributed by atoms with Gasteiger partial charge in [-0.15, -0.1) is 0 Å². The van der Waals surface area contributed by atoms with Crippen molar-refractivity contribution in [3.05, 3.63) is 47.0 Å².